The molecule has 1 heterocycles. The van der Waals surface area contributed by atoms with E-state index in [4.69, 9.17) is 5.11 Å². The Labute approximate surface area is 103 Å². The Hall–Kier alpha value is -2.39. The number of carboxylic acids is 1. The Morgan fingerprint density at radius 3 is 2.53 bits per heavy atom. The summed E-state index contributed by atoms with van der Waals surface area (Å²) in [5.41, 5.74) is -0.818. The maximum Gasteiger partial charge on any atom is 0.471 e. The van der Waals surface area contributed by atoms with Crippen LogP contribution in [-0.2, 0) is 16.0 Å². The minimum Gasteiger partial charge on any atom is -0.481 e. The van der Waals surface area contributed by atoms with Gasteiger partial charge in [-0.1, -0.05) is 0 Å². The molecule has 1 amide bonds. The number of anilines is 1. The van der Waals surface area contributed by atoms with Crippen LogP contribution in [0.2, 0.25) is 0 Å². The van der Waals surface area contributed by atoms with Crippen LogP contribution < -0.4 is 10.9 Å². The minimum atomic E-state index is -5.10. The van der Waals surface area contributed by atoms with Gasteiger partial charge in [0, 0.05) is 18.2 Å². The predicted molar refractivity (Wildman–Crippen MR) is 55.5 cm³/mol. The summed E-state index contributed by atoms with van der Waals surface area (Å²) < 4.78 is 35.8. The van der Waals surface area contributed by atoms with Crippen LogP contribution in [0.4, 0.5) is 19.1 Å². The second-order valence-electron chi connectivity index (χ2n) is 3.43. The van der Waals surface area contributed by atoms with Crippen molar-refractivity contribution in [2.75, 3.05) is 5.32 Å². The largest absolute Gasteiger partial charge is 0.481 e. The number of aryl methyl sites for hydroxylation is 1. The first-order chi connectivity index (χ1) is 8.70. The van der Waals surface area contributed by atoms with Gasteiger partial charge >= 0.3 is 18.1 Å². The van der Waals surface area contributed by atoms with E-state index in [0.717, 1.165) is 6.20 Å². The van der Waals surface area contributed by atoms with Gasteiger partial charge in [-0.25, -0.2) is 4.98 Å². The van der Waals surface area contributed by atoms with E-state index in [0.29, 0.717) is 0 Å². The van der Waals surface area contributed by atoms with Gasteiger partial charge < -0.3 is 5.11 Å². The van der Waals surface area contributed by atoms with E-state index in [-0.39, 0.29) is 18.4 Å². The summed E-state index contributed by atoms with van der Waals surface area (Å²) in [5, 5.41) is 9.78. The third kappa shape index (κ3) is 4.41. The quantitative estimate of drug-likeness (QED) is 0.733. The van der Waals surface area contributed by atoms with Crippen LogP contribution in [0.25, 0.3) is 0 Å². The number of alkyl halides is 3. The van der Waals surface area contributed by atoms with Gasteiger partial charge in [0.2, 0.25) is 5.95 Å². The van der Waals surface area contributed by atoms with Gasteiger partial charge in [-0.2, -0.15) is 13.2 Å². The molecule has 1 aromatic rings. The van der Waals surface area contributed by atoms with Crippen LogP contribution in [0, 0.1) is 0 Å². The number of carbonyl (C=O) groups excluding carboxylic acids is 1. The molecule has 1 rings (SSSR count). The highest BCUT2D eigenvalue weighted by Crippen LogP contribution is 2.16. The number of nitrogens with one attached hydrogen (secondary N) is 2. The fourth-order valence-electron chi connectivity index (χ4n) is 1.08. The molecule has 0 radical (unpaired) electrons. The lowest BCUT2D eigenvalue weighted by Crippen LogP contribution is -2.31. The van der Waals surface area contributed by atoms with Crippen LogP contribution >= 0.6 is 0 Å². The maximum atomic E-state index is 11.9. The van der Waals surface area contributed by atoms with E-state index in [9.17, 15) is 27.6 Å². The summed E-state index contributed by atoms with van der Waals surface area (Å²) in [6.45, 7) is 0. The lowest BCUT2D eigenvalue weighted by Gasteiger charge is -2.07. The van der Waals surface area contributed by atoms with E-state index in [1.807, 2.05) is 4.98 Å². The zero-order valence-corrected chi connectivity index (χ0v) is 9.24. The number of aromatic nitrogens is 2. The van der Waals surface area contributed by atoms with Gasteiger partial charge in [0.1, 0.15) is 0 Å². The Morgan fingerprint density at radius 1 is 1.42 bits per heavy atom. The van der Waals surface area contributed by atoms with Gasteiger partial charge in [0.25, 0.3) is 5.56 Å². The number of hydrogen-bond donors (Lipinski definition) is 3. The molecular formula is C9H8F3N3O4. The van der Waals surface area contributed by atoms with E-state index in [2.05, 4.69) is 4.98 Å². The highest BCUT2D eigenvalue weighted by molar-refractivity contribution is 5.93. The number of carbonyl (C=O) groups is 2. The zero-order chi connectivity index (χ0) is 14.6. The molecule has 7 nitrogen and oxygen atoms in total. The highest BCUT2D eigenvalue weighted by Gasteiger charge is 2.39. The first kappa shape index (κ1) is 14.7. The number of H-pyrrole nitrogens is 1. The van der Waals surface area contributed by atoms with Crippen LogP contribution in [0.5, 0.6) is 0 Å². The second-order valence-corrected chi connectivity index (χ2v) is 3.43. The molecular weight excluding hydrogens is 271 g/mol. The van der Waals surface area contributed by atoms with E-state index < -0.39 is 29.6 Å². The van der Waals surface area contributed by atoms with Gasteiger partial charge in [-0.3, -0.25) is 24.7 Å². The molecule has 0 aromatic carbocycles. The standard InChI is InChI=1S/C9H8F3N3O4/c10-9(11,12)7(19)15-8-13-3-4(6(18)14-8)1-2-5(16)17/h3H,1-2H2,(H,16,17)(H2,13,14,15,18,19). The molecule has 0 spiro atoms. The fourth-order valence-corrected chi connectivity index (χ4v) is 1.08. The van der Waals surface area contributed by atoms with E-state index >= 15 is 0 Å². The van der Waals surface area contributed by atoms with Crippen molar-refractivity contribution in [2.45, 2.75) is 19.0 Å². The van der Waals surface area contributed by atoms with Gasteiger partial charge in [-0.05, 0) is 6.42 Å². The lowest BCUT2D eigenvalue weighted by atomic mass is 10.2. The summed E-state index contributed by atoms with van der Waals surface area (Å²) in [6, 6.07) is 0. The molecule has 0 aliphatic heterocycles. The molecule has 0 aliphatic rings. The van der Waals surface area contributed by atoms with E-state index in [1.54, 1.807) is 0 Å². The SMILES string of the molecule is O=C(O)CCc1cnc(NC(=O)C(F)(F)F)[nH]c1=O. The Bertz CT molecular complexity index is 552. The summed E-state index contributed by atoms with van der Waals surface area (Å²) in [5.74, 6) is -4.06. The first-order valence-corrected chi connectivity index (χ1v) is 4.88. The van der Waals surface area contributed by atoms with Crippen LogP contribution in [0.1, 0.15) is 12.0 Å². The van der Waals surface area contributed by atoms with Gasteiger partial charge in [-0.15, -0.1) is 0 Å². The average molecular weight is 279 g/mol. The van der Waals surface area contributed by atoms with Crippen molar-refractivity contribution in [1.29, 1.82) is 0 Å². The average Bonchev–Trinajstić information content (AvgIpc) is 2.26. The van der Waals surface area contributed by atoms with E-state index in [1.165, 1.54) is 5.32 Å². The zero-order valence-electron chi connectivity index (χ0n) is 9.24. The third-order valence-corrected chi connectivity index (χ3v) is 1.97. The van der Waals surface area contributed by atoms with Crippen LogP contribution in [0.3, 0.4) is 0 Å². The fraction of sp³-hybridized carbons (Fsp3) is 0.333. The van der Waals surface area contributed by atoms with Crippen LogP contribution in [0.15, 0.2) is 11.0 Å². The van der Waals surface area contributed by atoms with Crippen molar-refractivity contribution in [3.8, 4) is 0 Å². The number of carboxylic acid groups (broad SMARTS) is 1. The molecule has 10 heteroatoms. The van der Waals surface area contributed by atoms with Gasteiger partial charge in [0.05, 0.1) is 0 Å². The molecule has 0 bridgehead atoms. The number of amides is 1. The molecule has 0 saturated carbocycles. The van der Waals surface area contributed by atoms with Crippen molar-refractivity contribution >= 4 is 17.8 Å². The predicted octanol–water partition coefficient (Wildman–Crippen LogP) is 0.288. The number of halogens is 3. The number of nitrogens with zero attached hydrogens (tertiary/aromatic N) is 1. The topological polar surface area (TPSA) is 112 Å². The Kier molecular flexibility index (Phi) is 4.25. The van der Waals surface area contributed by atoms with Crippen molar-refractivity contribution in [3.63, 3.8) is 0 Å². The summed E-state index contributed by atoms with van der Waals surface area (Å²) in [7, 11) is 0. The highest BCUT2D eigenvalue weighted by atomic mass is 19.4. The van der Waals surface area contributed by atoms with Crippen molar-refractivity contribution in [3.05, 3.63) is 22.1 Å². The smallest absolute Gasteiger partial charge is 0.471 e. The summed E-state index contributed by atoms with van der Waals surface area (Å²) in [6.07, 6.45) is -4.63. The monoisotopic (exact) mass is 279 g/mol. The molecule has 0 atom stereocenters. The number of aliphatic carboxylic acids is 1. The molecule has 1 aromatic heterocycles. The number of aromatic amines is 1. The normalized spacial score (nSPS) is 11.1. The van der Waals surface area contributed by atoms with Crippen LogP contribution in [-0.4, -0.2) is 33.1 Å². The number of rotatable bonds is 4. The molecule has 3 N–H and O–H groups in total. The molecule has 19 heavy (non-hydrogen) atoms. The third-order valence-electron chi connectivity index (χ3n) is 1.97. The first-order valence-electron chi connectivity index (χ1n) is 4.88. The molecule has 0 aliphatic carbocycles. The van der Waals surface area contributed by atoms with Crippen molar-refractivity contribution in [1.82, 2.24) is 9.97 Å². The van der Waals surface area contributed by atoms with Gasteiger partial charge in [0.15, 0.2) is 0 Å². The lowest BCUT2D eigenvalue weighted by molar-refractivity contribution is -0.167. The Morgan fingerprint density at radius 2 is 2.05 bits per heavy atom. The Balaban J connectivity index is 2.80. The molecule has 0 unspecified atom stereocenters. The number of hydrogen-bond acceptors (Lipinski definition) is 4. The maximum absolute atomic E-state index is 11.9. The molecule has 0 fully saturated rings. The molecule has 104 valence electrons. The van der Waals surface area contributed by atoms with Crippen molar-refractivity contribution in [2.24, 2.45) is 0 Å². The summed E-state index contributed by atoms with van der Waals surface area (Å²) >= 11 is 0. The van der Waals surface area contributed by atoms with Crippen molar-refractivity contribution < 1.29 is 27.9 Å². The second kappa shape index (κ2) is 5.50. The molecule has 0 saturated heterocycles. The summed E-state index contributed by atoms with van der Waals surface area (Å²) in [4.78, 5) is 37.5. The minimum absolute atomic E-state index is 0.00703.